The van der Waals surface area contributed by atoms with Crippen molar-refractivity contribution in [3.8, 4) is 22.3 Å². The van der Waals surface area contributed by atoms with Crippen LogP contribution in [0.1, 0.15) is 72.2 Å². The lowest BCUT2D eigenvalue weighted by molar-refractivity contribution is 0.660. The van der Waals surface area contributed by atoms with Crippen LogP contribution in [0.15, 0.2) is 219 Å². The van der Waals surface area contributed by atoms with Gasteiger partial charge in [-0.1, -0.05) is 185 Å². The summed E-state index contributed by atoms with van der Waals surface area (Å²) in [6.07, 6.45) is 19.5. The Morgan fingerprint density at radius 2 is 0.662 bits per heavy atom. The van der Waals surface area contributed by atoms with Crippen molar-refractivity contribution in [1.82, 2.24) is 19.9 Å². The van der Waals surface area contributed by atoms with E-state index in [2.05, 4.69) is 254 Å². The van der Waals surface area contributed by atoms with Crippen LogP contribution in [0.25, 0.3) is 68.1 Å². The summed E-state index contributed by atoms with van der Waals surface area (Å²) < 4.78 is 0. The molecule has 2 aromatic heterocycles. The molecule has 0 amide bonds. The van der Waals surface area contributed by atoms with Crippen LogP contribution < -0.4 is 9.80 Å². The van der Waals surface area contributed by atoms with Crippen LogP contribution in [0.3, 0.4) is 0 Å². The molecule has 0 radical (unpaired) electrons. The van der Waals surface area contributed by atoms with E-state index in [1.165, 1.54) is 77.2 Å². The van der Waals surface area contributed by atoms with Crippen LogP contribution >= 0.6 is 0 Å². The summed E-state index contributed by atoms with van der Waals surface area (Å²) in [5, 5.41) is 4.77. The first-order valence-electron chi connectivity index (χ1n) is 25.3. The fourth-order valence-corrected chi connectivity index (χ4v) is 11.3. The molecule has 6 nitrogen and oxygen atoms in total. The van der Waals surface area contributed by atoms with Gasteiger partial charge in [0.2, 0.25) is 0 Å². The molecular weight excluding hydrogens is 901 g/mol. The fraction of sp³-hybridized carbons (Fsp3) is 0.0882. The zero-order valence-corrected chi connectivity index (χ0v) is 41.8. The van der Waals surface area contributed by atoms with Crippen LogP contribution in [0.5, 0.6) is 0 Å². The highest BCUT2D eigenvalue weighted by Gasteiger charge is 2.38. The van der Waals surface area contributed by atoms with Crippen molar-refractivity contribution >= 4 is 80.2 Å². The number of aromatic nitrogens is 4. The van der Waals surface area contributed by atoms with Gasteiger partial charge >= 0.3 is 0 Å². The van der Waals surface area contributed by atoms with Crippen LogP contribution in [-0.4, -0.2) is 19.9 Å². The van der Waals surface area contributed by atoms with E-state index in [1.54, 1.807) is 24.8 Å². The first-order chi connectivity index (χ1) is 36.2. The van der Waals surface area contributed by atoms with E-state index in [4.69, 9.17) is 9.97 Å². The predicted molar refractivity (Wildman–Crippen MR) is 308 cm³/mol. The number of nitrogens with zero attached hydrogens (tertiary/aromatic N) is 6. The molecule has 0 bridgehead atoms. The highest BCUT2D eigenvalue weighted by molar-refractivity contribution is 5.93. The summed E-state index contributed by atoms with van der Waals surface area (Å²) in [5.74, 6) is 1.55. The molecule has 0 spiro atoms. The van der Waals surface area contributed by atoms with E-state index in [0.29, 0.717) is 0 Å². The molecule has 0 N–H and O–H groups in total. The van der Waals surface area contributed by atoms with Crippen molar-refractivity contribution in [2.75, 3.05) is 9.80 Å². The van der Waals surface area contributed by atoms with Crippen molar-refractivity contribution < 1.29 is 0 Å². The number of hydrogen-bond acceptors (Lipinski definition) is 6. The average Bonchev–Trinajstić information content (AvgIpc) is 3.80. The molecule has 9 aromatic carbocycles. The van der Waals surface area contributed by atoms with Gasteiger partial charge in [-0.15, -0.1) is 0 Å². The Morgan fingerprint density at radius 3 is 1.07 bits per heavy atom. The standard InChI is InChI=1S/C68H52N6/c1-67(2)61-37-47(21-29-57(61)59-31-27-55(41-63(59)67)73(65-43-69-33-35-71-65)53-25-23-49-9-5-7-11-51(49)39-53)19-17-45-13-15-46(16-14-45)18-20-48-22-30-58-60-32-28-56(42-64(60)68(3,4)62(58)38-48)74(66-44-70-34-36-72-66)54-26-24-50-10-6-8-12-52(50)40-54/h5-44H,1-4H3/b19-17+,20-18+. The SMILES string of the molecule is CC1(C)c2cc(/C=C/c3ccc(/C=C/c4ccc5c(c4)C(C)(C)c4cc(N(c6ccc7ccccc7c6)c6cnccn6)ccc4-5)cc3)ccc2-c2ccc(N(c3ccc4ccccc4c3)c3cnccn3)cc21. The van der Waals surface area contributed by atoms with Crippen molar-refractivity contribution in [2.45, 2.75) is 38.5 Å². The molecular formula is C68H52N6. The van der Waals surface area contributed by atoms with Crippen LogP contribution in [0.4, 0.5) is 34.4 Å². The zero-order valence-electron chi connectivity index (χ0n) is 41.8. The lowest BCUT2D eigenvalue weighted by atomic mass is 9.81. The van der Waals surface area contributed by atoms with Gasteiger partial charge in [-0.05, 0) is 137 Å². The Kier molecular flexibility index (Phi) is 10.7. The molecule has 0 saturated carbocycles. The van der Waals surface area contributed by atoms with E-state index in [1.807, 2.05) is 12.4 Å². The molecule has 2 aliphatic carbocycles. The Balaban J connectivity index is 0.719. The monoisotopic (exact) mass is 952 g/mol. The van der Waals surface area contributed by atoms with E-state index >= 15 is 0 Å². The van der Waals surface area contributed by atoms with Gasteiger partial charge in [0, 0.05) is 58.4 Å². The summed E-state index contributed by atoms with van der Waals surface area (Å²) in [5.41, 5.74) is 18.8. The summed E-state index contributed by atoms with van der Waals surface area (Å²) in [4.78, 5) is 22.8. The second kappa shape index (κ2) is 17.8. The third kappa shape index (κ3) is 7.83. The number of fused-ring (bicyclic) bond motifs is 8. The quantitative estimate of drug-likeness (QED) is 0.127. The molecule has 6 heteroatoms. The molecule has 74 heavy (non-hydrogen) atoms. The van der Waals surface area contributed by atoms with Gasteiger partial charge in [0.1, 0.15) is 0 Å². The lowest BCUT2D eigenvalue weighted by Gasteiger charge is -2.27. The lowest BCUT2D eigenvalue weighted by Crippen LogP contribution is -2.17. The minimum absolute atomic E-state index is 0.211. The number of hydrogen-bond donors (Lipinski definition) is 0. The minimum atomic E-state index is -0.211. The highest BCUT2D eigenvalue weighted by Crippen LogP contribution is 2.53. The molecule has 13 rings (SSSR count). The fourth-order valence-electron chi connectivity index (χ4n) is 11.3. The first kappa shape index (κ1) is 44.7. The molecule has 0 fully saturated rings. The molecule has 0 unspecified atom stereocenters. The van der Waals surface area contributed by atoms with Gasteiger partial charge in [-0.2, -0.15) is 0 Å². The largest absolute Gasteiger partial charge is 0.294 e. The maximum Gasteiger partial charge on any atom is 0.156 e. The summed E-state index contributed by atoms with van der Waals surface area (Å²) >= 11 is 0. The topological polar surface area (TPSA) is 58.0 Å². The molecule has 0 saturated heterocycles. The highest BCUT2D eigenvalue weighted by atomic mass is 15.2. The van der Waals surface area contributed by atoms with E-state index < -0.39 is 0 Å². The Hall–Kier alpha value is -9.26. The molecule has 2 aliphatic rings. The Morgan fingerprint density at radius 1 is 0.324 bits per heavy atom. The average molecular weight is 953 g/mol. The van der Waals surface area contributed by atoms with Crippen molar-refractivity contribution in [2.24, 2.45) is 0 Å². The summed E-state index contributed by atoms with van der Waals surface area (Å²) in [6, 6.07) is 66.3. The predicted octanol–water partition coefficient (Wildman–Crippen LogP) is 17.5. The second-order valence-corrected chi connectivity index (χ2v) is 20.5. The van der Waals surface area contributed by atoms with Gasteiger partial charge in [-0.3, -0.25) is 19.8 Å². The second-order valence-electron chi connectivity index (χ2n) is 20.5. The van der Waals surface area contributed by atoms with E-state index in [9.17, 15) is 0 Å². The van der Waals surface area contributed by atoms with Crippen molar-refractivity contribution in [1.29, 1.82) is 0 Å². The summed E-state index contributed by atoms with van der Waals surface area (Å²) in [7, 11) is 0. The zero-order chi connectivity index (χ0) is 50.0. The number of benzene rings is 9. The number of anilines is 6. The number of rotatable bonds is 10. The molecule has 2 heterocycles. The third-order valence-corrected chi connectivity index (χ3v) is 15.3. The smallest absolute Gasteiger partial charge is 0.156 e. The van der Waals surface area contributed by atoms with Crippen LogP contribution in [0.2, 0.25) is 0 Å². The van der Waals surface area contributed by atoms with Crippen LogP contribution in [-0.2, 0) is 10.8 Å². The van der Waals surface area contributed by atoms with Gasteiger partial charge < -0.3 is 0 Å². The molecule has 11 aromatic rings. The van der Waals surface area contributed by atoms with Crippen molar-refractivity contribution in [3.63, 3.8) is 0 Å². The van der Waals surface area contributed by atoms with Gasteiger partial charge in [0.15, 0.2) is 11.6 Å². The normalized spacial score (nSPS) is 13.8. The van der Waals surface area contributed by atoms with Crippen LogP contribution in [0, 0.1) is 0 Å². The Bertz CT molecular complexity index is 3760. The van der Waals surface area contributed by atoms with Gasteiger partial charge in [-0.25, -0.2) is 9.97 Å². The van der Waals surface area contributed by atoms with Crippen molar-refractivity contribution in [3.05, 3.63) is 264 Å². The van der Waals surface area contributed by atoms with E-state index in [-0.39, 0.29) is 10.8 Å². The van der Waals surface area contributed by atoms with E-state index in [0.717, 1.165) is 45.5 Å². The molecule has 354 valence electrons. The Labute approximate surface area is 432 Å². The van der Waals surface area contributed by atoms with Gasteiger partial charge in [0.25, 0.3) is 0 Å². The van der Waals surface area contributed by atoms with Gasteiger partial charge in [0.05, 0.1) is 12.4 Å². The maximum absolute atomic E-state index is 4.76. The minimum Gasteiger partial charge on any atom is -0.294 e. The first-order valence-corrected chi connectivity index (χ1v) is 25.3. The maximum atomic E-state index is 4.76. The molecule has 0 atom stereocenters. The molecule has 0 aliphatic heterocycles. The third-order valence-electron chi connectivity index (χ3n) is 15.3. The summed E-state index contributed by atoms with van der Waals surface area (Å²) in [6.45, 7) is 9.36.